The number of hydrogen-bond acceptors (Lipinski definition) is 3. The van der Waals surface area contributed by atoms with Gasteiger partial charge in [-0.05, 0) is 25.5 Å². The van der Waals surface area contributed by atoms with Gasteiger partial charge in [0.15, 0.2) is 5.65 Å². The van der Waals surface area contributed by atoms with Gasteiger partial charge in [-0.2, -0.15) is 23.4 Å². The lowest BCUT2D eigenvalue weighted by atomic mass is 10.1. The third-order valence-corrected chi connectivity index (χ3v) is 4.64. The Balaban J connectivity index is 1.93. The lowest BCUT2D eigenvalue weighted by Crippen LogP contribution is -2.08. The molecule has 5 nitrogen and oxygen atoms in total. The fourth-order valence-electron chi connectivity index (χ4n) is 3.26. The van der Waals surface area contributed by atoms with Crippen molar-refractivity contribution in [2.24, 2.45) is 7.05 Å². The fourth-order valence-corrected chi connectivity index (χ4v) is 3.26. The standard InChI is InChI=1S/C20H18F3N5/c1-12-4-6-14(7-5-12)10-28-19-18(13(2)26-28)16(20(21,22)23)8-17(25-19)15-9-24-27(3)11-15/h4-9,11H,10H2,1-3H3. The van der Waals surface area contributed by atoms with Crippen LogP contribution in [0.4, 0.5) is 13.2 Å². The van der Waals surface area contributed by atoms with Gasteiger partial charge >= 0.3 is 6.18 Å². The number of rotatable bonds is 3. The average molecular weight is 385 g/mol. The number of aromatic nitrogens is 5. The number of benzene rings is 1. The Kier molecular flexibility index (Phi) is 4.21. The van der Waals surface area contributed by atoms with E-state index in [1.54, 1.807) is 20.2 Å². The van der Waals surface area contributed by atoms with Gasteiger partial charge in [0, 0.05) is 18.8 Å². The molecule has 0 spiro atoms. The van der Waals surface area contributed by atoms with Gasteiger partial charge in [0.25, 0.3) is 0 Å². The zero-order valence-corrected chi connectivity index (χ0v) is 15.6. The van der Waals surface area contributed by atoms with E-state index in [1.165, 1.54) is 15.6 Å². The van der Waals surface area contributed by atoms with Gasteiger partial charge < -0.3 is 0 Å². The maximum absolute atomic E-state index is 13.8. The number of nitrogens with zero attached hydrogens (tertiary/aromatic N) is 5. The first-order chi connectivity index (χ1) is 13.2. The Morgan fingerprint density at radius 1 is 1.07 bits per heavy atom. The highest BCUT2D eigenvalue weighted by molar-refractivity contribution is 5.85. The van der Waals surface area contributed by atoms with Crippen molar-refractivity contribution in [2.45, 2.75) is 26.6 Å². The minimum Gasteiger partial charge on any atom is -0.275 e. The number of aryl methyl sites for hydroxylation is 3. The molecule has 144 valence electrons. The Hall–Kier alpha value is -3.16. The molecule has 3 aromatic heterocycles. The SMILES string of the molecule is Cc1ccc(Cn2nc(C)c3c(C(F)(F)F)cc(-c4cnn(C)c4)nc32)cc1. The van der Waals surface area contributed by atoms with E-state index in [1.807, 2.05) is 31.2 Å². The molecule has 0 amide bonds. The van der Waals surface area contributed by atoms with Crippen molar-refractivity contribution in [3.8, 4) is 11.3 Å². The van der Waals surface area contributed by atoms with Crippen LogP contribution < -0.4 is 0 Å². The average Bonchev–Trinajstić information content (AvgIpc) is 3.19. The van der Waals surface area contributed by atoms with E-state index >= 15 is 0 Å². The maximum atomic E-state index is 13.8. The first kappa shape index (κ1) is 18.2. The van der Waals surface area contributed by atoms with Crippen molar-refractivity contribution in [1.82, 2.24) is 24.5 Å². The molecule has 4 rings (SSSR count). The molecular formula is C20H18F3N5. The highest BCUT2D eigenvalue weighted by Crippen LogP contribution is 2.38. The Bertz CT molecular complexity index is 1150. The van der Waals surface area contributed by atoms with E-state index in [2.05, 4.69) is 15.2 Å². The molecule has 0 unspecified atom stereocenters. The lowest BCUT2D eigenvalue weighted by Gasteiger charge is -2.11. The molecule has 0 aliphatic heterocycles. The first-order valence-electron chi connectivity index (χ1n) is 8.72. The first-order valence-corrected chi connectivity index (χ1v) is 8.72. The summed E-state index contributed by atoms with van der Waals surface area (Å²) in [5.74, 6) is 0. The van der Waals surface area contributed by atoms with Crippen LogP contribution in [0.25, 0.3) is 22.3 Å². The molecule has 0 aliphatic carbocycles. The van der Waals surface area contributed by atoms with Gasteiger partial charge in [-0.3, -0.25) is 4.68 Å². The molecule has 8 heteroatoms. The van der Waals surface area contributed by atoms with Gasteiger partial charge in [-0.15, -0.1) is 0 Å². The van der Waals surface area contributed by atoms with Crippen LogP contribution in [0.3, 0.4) is 0 Å². The quantitative estimate of drug-likeness (QED) is 0.521. The predicted octanol–water partition coefficient (Wildman–Crippen LogP) is 4.52. The topological polar surface area (TPSA) is 48.5 Å². The molecule has 28 heavy (non-hydrogen) atoms. The normalized spacial score (nSPS) is 12.1. The van der Waals surface area contributed by atoms with Crippen molar-refractivity contribution in [1.29, 1.82) is 0 Å². The Morgan fingerprint density at radius 2 is 1.79 bits per heavy atom. The van der Waals surface area contributed by atoms with Crippen LogP contribution in [0.5, 0.6) is 0 Å². The largest absolute Gasteiger partial charge is 0.417 e. The lowest BCUT2D eigenvalue weighted by molar-refractivity contribution is -0.136. The molecular weight excluding hydrogens is 367 g/mol. The fraction of sp³-hybridized carbons (Fsp3) is 0.250. The third kappa shape index (κ3) is 3.26. The van der Waals surface area contributed by atoms with E-state index in [0.717, 1.165) is 17.2 Å². The maximum Gasteiger partial charge on any atom is 0.417 e. The molecule has 3 heterocycles. The van der Waals surface area contributed by atoms with Crippen molar-refractivity contribution in [2.75, 3.05) is 0 Å². The highest BCUT2D eigenvalue weighted by atomic mass is 19.4. The van der Waals surface area contributed by atoms with E-state index in [4.69, 9.17) is 0 Å². The second-order valence-electron chi connectivity index (χ2n) is 6.88. The van der Waals surface area contributed by atoms with Gasteiger partial charge in [0.05, 0.1) is 35.1 Å². The molecule has 0 saturated heterocycles. The second-order valence-corrected chi connectivity index (χ2v) is 6.88. The van der Waals surface area contributed by atoms with Crippen LogP contribution in [-0.2, 0) is 19.8 Å². The summed E-state index contributed by atoms with van der Waals surface area (Å²) in [6.07, 6.45) is -1.37. The number of alkyl halides is 3. The third-order valence-electron chi connectivity index (χ3n) is 4.64. The van der Waals surface area contributed by atoms with Crippen LogP contribution >= 0.6 is 0 Å². The zero-order chi connectivity index (χ0) is 20.1. The summed E-state index contributed by atoms with van der Waals surface area (Å²) in [4.78, 5) is 4.51. The molecule has 0 radical (unpaired) electrons. The van der Waals surface area contributed by atoms with Crippen LogP contribution in [0, 0.1) is 13.8 Å². The van der Waals surface area contributed by atoms with Gasteiger partial charge in [0.2, 0.25) is 0 Å². The summed E-state index contributed by atoms with van der Waals surface area (Å²) < 4.78 is 44.4. The zero-order valence-electron chi connectivity index (χ0n) is 15.6. The van der Waals surface area contributed by atoms with E-state index in [0.29, 0.717) is 17.8 Å². The molecule has 0 N–H and O–H groups in total. The minimum atomic E-state index is -4.51. The minimum absolute atomic E-state index is 0.0345. The smallest absolute Gasteiger partial charge is 0.275 e. The summed E-state index contributed by atoms with van der Waals surface area (Å²) in [6.45, 7) is 3.90. The molecule has 0 aliphatic rings. The van der Waals surface area contributed by atoms with Gasteiger partial charge in [-0.1, -0.05) is 29.8 Å². The van der Waals surface area contributed by atoms with E-state index < -0.39 is 11.7 Å². The van der Waals surface area contributed by atoms with Crippen molar-refractivity contribution in [3.63, 3.8) is 0 Å². The second kappa shape index (κ2) is 6.47. The van der Waals surface area contributed by atoms with Crippen LogP contribution in [0.1, 0.15) is 22.4 Å². The Labute approximate surface area is 159 Å². The number of halogens is 3. The molecule has 4 aromatic rings. The van der Waals surface area contributed by atoms with Gasteiger partial charge in [0.1, 0.15) is 0 Å². The number of fused-ring (bicyclic) bond motifs is 1. The summed E-state index contributed by atoms with van der Waals surface area (Å²) in [5.41, 5.74) is 2.59. The monoisotopic (exact) mass is 385 g/mol. The van der Waals surface area contributed by atoms with E-state index in [9.17, 15) is 13.2 Å². The van der Waals surface area contributed by atoms with Crippen LogP contribution in [0.2, 0.25) is 0 Å². The summed E-state index contributed by atoms with van der Waals surface area (Å²) in [7, 11) is 1.71. The Morgan fingerprint density at radius 3 is 2.39 bits per heavy atom. The predicted molar refractivity (Wildman–Crippen MR) is 99.8 cm³/mol. The molecule has 1 aromatic carbocycles. The molecule has 0 atom stereocenters. The van der Waals surface area contributed by atoms with E-state index in [-0.39, 0.29) is 16.7 Å². The summed E-state index contributed by atoms with van der Waals surface area (Å²) in [5, 5.41) is 8.43. The molecule has 0 bridgehead atoms. The highest BCUT2D eigenvalue weighted by Gasteiger charge is 2.35. The molecule has 0 saturated carbocycles. The number of pyridine rings is 1. The summed E-state index contributed by atoms with van der Waals surface area (Å²) in [6, 6.07) is 8.87. The summed E-state index contributed by atoms with van der Waals surface area (Å²) >= 11 is 0. The van der Waals surface area contributed by atoms with Crippen molar-refractivity contribution in [3.05, 3.63) is 65.1 Å². The van der Waals surface area contributed by atoms with Crippen LogP contribution in [-0.4, -0.2) is 24.5 Å². The number of hydrogen-bond donors (Lipinski definition) is 0. The van der Waals surface area contributed by atoms with Crippen molar-refractivity contribution >= 4 is 11.0 Å². The molecule has 0 fully saturated rings. The van der Waals surface area contributed by atoms with Crippen LogP contribution in [0.15, 0.2) is 42.7 Å². The van der Waals surface area contributed by atoms with Crippen molar-refractivity contribution < 1.29 is 13.2 Å². The van der Waals surface area contributed by atoms with Gasteiger partial charge in [-0.25, -0.2) is 9.67 Å².